The van der Waals surface area contributed by atoms with Gasteiger partial charge in [0.05, 0.1) is 5.69 Å². The Bertz CT molecular complexity index is 619. The van der Waals surface area contributed by atoms with Gasteiger partial charge >= 0.3 is 0 Å². The maximum absolute atomic E-state index is 5.65. The summed E-state index contributed by atoms with van der Waals surface area (Å²) in [5.41, 5.74) is 2.63. The predicted octanol–water partition coefficient (Wildman–Crippen LogP) is 3.12. The second kappa shape index (κ2) is 5.35. The van der Waals surface area contributed by atoms with E-state index in [2.05, 4.69) is 20.9 Å². The maximum Gasteiger partial charge on any atom is 0.205 e. The van der Waals surface area contributed by atoms with Crippen molar-refractivity contribution in [1.29, 1.82) is 0 Å². The molecule has 0 aliphatic rings. The quantitative estimate of drug-likeness (QED) is 0.714. The molecule has 0 atom stereocenters. The van der Waals surface area contributed by atoms with E-state index < -0.39 is 0 Å². The molecule has 2 heterocycles. The van der Waals surface area contributed by atoms with Crippen molar-refractivity contribution in [1.82, 2.24) is 10.1 Å². The van der Waals surface area contributed by atoms with Gasteiger partial charge in [0.1, 0.15) is 18.1 Å². The lowest BCUT2D eigenvalue weighted by Crippen LogP contribution is -1.97. The molecule has 4 heteroatoms. The third-order valence-electron chi connectivity index (χ3n) is 2.66. The van der Waals surface area contributed by atoms with E-state index in [0.717, 1.165) is 22.7 Å². The van der Waals surface area contributed by atoms with Crippen molar-refractivity contribution in [2.45, 2.75) is 6.61 Å². The SMILES string of the molecule is [c]1cc(-c2ccc(OCc3ccccn3)cc2)no1. The lowest BCUT2D eigenvalue weighted by atomic mass is 10.1. The molecule has 0 aliphatic carbocycles. The third-order valence-corrected chi connectivity index (χ3v) is 2.66. The Morgan fingerprint density at radius 2 is 2.00 bits per heavy atom. The summed E-state index contributed by atoms with van der Waals surface area (Å²) in [4.78, 5) is 4.20. The second-order valence-corrected chi connectivity index (χ2v) is 3.96. The zero-order valence-corrected chi connectivity index (χ0v) is 10.1. The Labute approximate surface area is 110 Å². The van der Waals surface area contributed by atoms with Gasteiger partial charge in [-0.1, -0.05) is 11.2 Å². The van der Waals surface area contributed by atoms with Crippen LogP contribution in [0.2, 0.25) is 0 Å². The van der Waals surface area contributed by atoms with E-state index in [1.165, 1.54) is 0 Å². The molecule has 0 spiro atoms. The smallest absolute Gasteiger partial charge is 0.205 e. The van der Waals surface area contributed by atoms with Gasteiger partial charge in [0.25, 0.3) is 0 Å². The van der Waals surface area contributed by atoms with E-state index in [1.54, 1.807) is 12.3 Å². The number of nitrogens with zero attached hydrogens (tertiary/aromatic N) is 2. The van der Waals surface area contributed by atoms with Crippen LogP contribution >= 0.6 is 0 Å². The van der Waals surface area contributed by atoms with Crippen LogP contribution in [0.5, 0.6) is 5.75 Å². The van der Waals surface area contributed by atoms with Crippen LogP contribution in [0.25, 0.3) is 11.3 Å². The van der Waals surface area contributed by atoms with Crippen molar-refractivity contribution >= 4 is 0 Å². The van der Waals surface area contributed by atoms with Gasteiger partial charge in [0.2, 0.25) is 6.26 Å². The first-order valence-electron chi connectivity index (χ1n) is 5.88. The van der Waals surface area contributed by atoms with Gasteiger partial charge in [-0.15, -0.1) is 0 Å². The second-order valence-electron chi connectivity index (χ2n) is 3.96. The molecule has 2 aromatic heterocycles. The number of ether oxygens (including phenoxy) is 1. The highest BCUT2D eigenvalue weighted by Gasteiger charge is 2.02. The van der Waals surface area contributed by atoms with Crippen molar-refractivity contribution in [2.24, 2.45) is 0 Å². The Morgan fingerprint density at radius 1 is 1.11 bits per heavy atom. The molecule has 0 saturated heterocycles. The van der Waals surface area contributed by atoms with Crippen LogP contribution in [0.15, 0.2) is 59.3 Å². The van der Waals surface area contributed by atoms with Crippen LogP contribution in [0, 0.1) is 6.26 Å². The van der Waals surface area contributed by atoms with Crippen LogP contribution in [-0.2, 0) is 6.61 Å². The summed E-state index contributed by atoms with van der Waals surface area (Å²) in [6, 6.07) is 15.1. The summed E-state index contributed by atoms with van der Waals surface area (Å²) >= 11 is 0. The molecule has 1 aromatic carbocycles. The largest absolute Gasteiger partial charge is 0.487 e. The fraction of sp³-hybridized carbons (Fsp3) is 0.0667. The highest BCUT2D eigenvalue weighted by Crippen LogP contribution is 2.20. The molecule has 3 rings (SSSR count). The summed E-state index contributed by atoms with van der Waals surface area (Å²) < 4.78 is 10.3. The molecule has 4 nitrogen and oxygen atoms in total. The molecule has 3 aromatic rings. The summed E-state index contributed by atoms with van der Waals surface area (Å²) in [7, 11) is 0. The molecule has 93 valence electrons. The van der Waals surface area contributed by atoms with E-state index in [4.69, 9.17) is 4.74 Å². The highest BCUT2D eigenvalue weighted by atomic mass is 16.5. The lowest BCUT2D eigenvalue weighted by Gasteiger charge is -2.05. The number of hydrogen-bond donors (Lipinski definition) is 0. The van der Waals surface area contributed by atoms with Gasteiger partial charge in [-0.25, -0.2) is 0 Å². The van der Waals surface area contributed by atoms with Crippen LogP contribution < -0.4 is 4.74 Å². The van der Waals surface area contributed by atoms with Crippen molar-refractivity contribution in [3.63, 3.8) is 0 Å². The summed E-state index contributed by atoms with van der Waals surface area (Å²) in [5, 5.41) is 3.83. The number of rotatable bonds is 4. The molecule has 1 radical (unpaired) electrons. The minimum Gasteiger partial charge on any atom is -0.487 e. The van der Waals surface area contributed by atoms with Crippen LogP contribution in [0.3, 0.4) is 0 Å². The zero-order chi connectivity index (χ0) is 12.9. The first kappa shape index (κ1) is 11.5. The predicted molar refractivity (Wildman–Crippen MR) is 69.3 cm³/mol. The fourth-order valence-corrected chi connectivity index (χ4v) is 1.68. The van der Waals surface area contributed by atoms with Gasteiger partial charge in [-0.05, 0) is 36.4 Å². The topological polar surface area (TPSA) is 48.2 Å². The summed E-state index contributed by atoms with van der Waals surface area (Å²) in [6.07, 6.45) is 4.32. The summed E-state index contributed by atoms with van der Waals surface area (Å²) in [6.45, 7) is 0.456. The molecular weight excluding hydrogens is 240 g/mol. The van der Waals surface area contributed by atoms with Gasteiger partial charge < -0.3 is 9.26 Å². The molecule has 0 fully saturated rings. The average molecular weight is 251 g/mol. The van der Waals surface area contributed by atoms with E-state index in [0.29, 0.717) is 6.61 Å². The standard InChI is InChI=1S/C15H11N2O2/c1-2-9-16-13(3-1)11-18-14-6-4-12(5-7-14)15-8-10-19-17-15/h1-9H,11H2. The third kappa shape index (κ3) is 2.80. The fourth-order valence-electron chi connectivity index (χ4n) is 1.68. The van der Waals surface area contributed by atoms with Crippen molar-refractivity contribution < 1.29 is 9.26 Å². The molecule has 0 N–H and O–H groups in total. The van der Waals surface area contributed by atoms with Crippen molar-refractivity contribution in [2.75, 3.05) is 0 Å². The molecule has 0 unspecified atom stereocenters. The van der Waals surface area contributed by atoms with Gasteiger partial charge in [-0.3, -0.25) is 4.98 Å². The number of pyridine rings is 1. The molecule has 0 bridgehead atoms. The Balaban J connectivity index is 1.67. The molecule has 0 saturated carbocycles. The minimum absolute atomic E-state index is 0.456. The van der Waals surface area contributed by atoms with E-state index in [1.807, 2.05) is 42.5 Å². The lowest BCUT2D eigenvalue weighted by molar-refractivity contribution is 0.301. The van der Waals surface area contributed by atoms with E-state index in [-0.39, 0.29) is 0 Å². The molecule has 0 aliphatic heterocycles. The average Bonchev–Trinajstić information content (AvgIpc) is 3.01. The van der Waals surface area contributed by atoms with Crippen LogP contribution in [0.1, 0.15) is 5.69 Å². The first-order valence-corrected chi connectivity index (χ1v) is 5.88. The zero-order valence-electron chi connectivity index (χ0n) is 10.1. The Hall–Kier alpha value is -2.62. The highest BCUT2D eigenvalue weighted by molar-refractivity contribution is 5.58. The number of hydrogen-bond acceptors (Lipinski definition) is 4. The van der Waals surface area contributed by atoms with E-state index >= 15 is 0 Å². The van der Waals surface area contributed by atoms with Gasteiger partial charge in [-0.2, -0.15) is 0 Å². The maximum atomic E-state index is 5.65. The molecule has 19 heavy (non-hydrogen) atoms. The minimum atomic E-state index is 0.456. The molecular formula is C15H11N2O2. The van der Waals surface area contributed by atoms with Crippen LogP contribution in [-0.4, -0.2) is 10.1 Å². The van der Waals surface area contributed by atoms with Gasteiger partial charge in [0.15, 0.2) is 0 Å². The van der Waals surface area contributed by atoms with Crippen LogP contribution in [0.4, 0.5) is 0 Å². The van der Waals surface area contributed by atoms with Crippen molar-refractivity contribution in [3.05, 3.63) is 66.7 Å². The molecule has 0 amide bonds. The van der Waals surface area contributed by atoms with Gasteiger partial charge in [0, 0.05) is 17.8 Å². The number of benzene rings is 1. The first-order chi connectivity index (χ1) is 9.42. The monoisotopic (exact) mass is 251 g/mol. The summed E-state index contributed by atoms with van der Waals surface area (Å²) in [5.74, 6) is 0.793. The van der Waals surface area contributed by atoms with E-state index in [9.17, 15) is 0 Å². The number of aromatic nitrogens is 2. The Kier molecular flexibility index (Phi) is 3.23. The normalized spacial score (nSPS) is 10.3. The Morgan fingerprint density at radius 3 is 2.68 bits per heavy atom. The van der Waals surface area contributed by atoms with Crippen molar-refractivity contribution in [3.8, 4) is 17.0 Å².